The number of hydrogen-bond acceptors (Lipinski definition) is 5. The van der Waals surface area contributed by atoms with Crippen molar-refractivity contribution in [3.63, 3.8) is 0 Å². The van der Waals surface area contributed by atoms with Crippen molar-refractivity contribution in [2.75, 3.05) is 6.54 Å². The van der Waals surface area contributed by atoms with E-state index in [4.69, 9.17) is 14.6 Å². The van der Waals surface area contributed by atoms with E-state index in [1.54, 1.807) is 54.6 Å². The van der Waals surface area contributed by atoms with Gasteiger partial charge in [0.1, 0.15) is 6.61 Å². The molecule has 0 bridgehead atoms. The molecule has 3 N–H and O–H groups in total. The topological polar surface area (TPSA) is 105 Å². The molecule has 7 heteroatoms. The lowest BCUT2D eigenvalue weighted by Gasteiger charge is -2.23. The second-order valence-electron chi connectivity index (χ2n) is 5.28. The number of benzene rings is 2. The molecule has 0 radical (unpaired) electrons. The molecule has 0 aromatic heterocycles. The SMILES string of the molecule is O=C(NCC(O)(OCc1ccccc1)C(=O)O)OCc1ccccc1. The van der Waals surface area contributed by atoms with Crippen molar-refractivity contribution in [2.24, 2.45) is 0 Å². The smallest absolute Gasteiger partial charge is 0.407 e. The summed E-state index contributed by atoms with van der Waals surface area (Å²) in [5.41, 5.74) is 1.47. The molecule has 2 aromatic carbocycles. The first-order valence-corrected chi connectivity index (χ1v) is 7.58. The van der Waals surface area contributed by atoms with Crippen molar-refractivity contribution in [1.29, 1.82) is 0 Å². The molecule has 7 nitrogen and oxygen atoms in total. The Hall–Kier alpha value is -2.90. The number of carbonyl (C=O) groups is 2. The third kappa shape index (κ3) is 5.91. The number of amides is 1. The predicted octanol–water partition coefficient (Wildman–Crippen LogP) is 1.90. The Morgan fingerprint density at radius 3 is 1.96 bits per heavy atom. The number of aliphatic carboxylic acids is 1. The fourth-order valence-electron chi connectivity index (χ4n) is 1.93. The van der Waals surface area contributed by atoms with E-state index in [-0.39, 0.29) is 13.2 Å². The first kappa shape index (κ1) is 18.4. The quantitative estimate of drug-likeness (QED) is 0.631. The van der Waals surface area contributed by atoms with E-state index in [9.17, 15) is 14.7 Å². The summed E-state index contributed by atoms with van der Waals surface area (Å²) >= 11 is 0. The van der Waals surface area contributed by atoms with E-state index in [0.717, 1.165) is 5.56 Å². The van der Waals surface area contributed by atoms with Crippen LogP contribution in [0, 0.1) is 0 Å². The minimum Gasteiger partial charge on any atom is -0.477 e. The lowest BCUT2D eigenvalue weighted by Crippen LogP contribution is -2.51. The second-order valence-corrected chi connectivity index (χ2v) is 5.28. The maximum Gasteiger partial charge on any atom is 0.407 e. The van der Waals surface area contributed by atoms with Crippen LogP contribution in [0.1, 0.15) is 11.1 Å². The average Bonchev–Trinajstić information content (AvgIpc) is 2.64. The third-order valence-electron chi connectivity index (χ3n) is 3.34. The lowest BCUT2D eigenvalue weighted by atomic mass is 10.2. The monoisotopic (exact) mass is 345 g/mol. The van der Waals surface area contributed by atoms with Gasteiger partial charge in [0.2, 0.25) is 0 Å². The molecule has 132 valence electrons. The minimum absolute atomic E-state index is 0.0308. The van der Waals surface area contributed by atoms with Crippen LogP contribution in [0.15, 0.2) is 60.7 Å². The van der Waals surface area contributed by atoms with Crippen molar-refractivity contribution in [3.8, 4) is 0 Å². The Kier molecular flexibility index (Phi) is 6.50. The first-order chi connectivity index (χ1) is 12.0. The lowest BCUT2D eigenvalue weighted by molar-refractivity contribution is -0.225. The normalized spacial score (nSPS) is 12.8. The summed E-state index contributed by atoms with van der Waals surface area (Å²) in [5.74, 6) is -4.16. The number of aliphatic hydroxyl groups is 1. The number of carboxylic acid groups (broad SMARTS) is 1. The Labute approximate surface area is 144 Å². The summed E-state index contributed by atoms with van der Waals surface area (Å²) in [7, 11) is 0. The van der Waals surface area contributed by atoms with Crippen LogP contribution in [-0.2, 0) is 27.5 Å². The summed E-state index contributed by atoms with van der Waals surface area (Å²) < 4.78 is 10.0. The number of nitrogens with one attached hydrogen (secondary N) is 1. The molecule has 0 fully saturated rings. The maximum atomic E-state index is 11.7. The fourth-order valence-corrected chi connectivity index (χ4v) is 1.93. The number of ether oxygens (including phenoxy) is 2. The summed E-state index contributed by atoms with van der Waals surface area (Å²) in [6.07, 6.45) is -0.855. The van der Waals surface area contributed by atoms with E-state index in [0.29, 0.717) is 5.56 Å². The summed E-state index contributed by atoms with van der Waals surface area (Å²) in [6.45, 7) is -0.740. The number of hydrogen-bond donors (Lipinski definition) is 3. The third-order valence-corrected chi connectivity index (χ3v) is 3.34. The highest BCUT2D eigenvalue weighted by Crippen LogP contribution is 2.11. The highest BCUT2D eigenvalue weighted by molar-refractivity contribution is 5.77. The second kappa shape index (κ2) is 8.81. The van der Waals surface area contributed by atoms with Crippen LogP contribution < -0.4 is 5.32 Å². The minimum atomic E-state index is -2.55. The van der Waals surface area contributed by atoms with Gasteiger partial charge in [0.25, 0.3) is 5.79 Å². The van der Waals surface area contributed by atoms with Gasteiger partial charge in [-0.25, -0.2) is 9.59 Å². The molecule has 0 heterocycles. The van der Waals surface area contributed by atoms with Crippen LogP contribution >= 0.6 is 0 Å². The summed E-state index contributed by atoms with van der Waals surface area (Å²) in [5, 5.41) is 21.5. The molecule has 0 aliphatic carbocycles. The molecule has 0 aliphatic heterocycles. The highest BCUT2D eigenvalue weighted by Gasteiger charge is 2.38. The molecular weight excluding hydrogens is 326 g/mol. The molecule has 0 aliphatic rings. The van der Waals surface area contributed by atoms with Crippen LogP contribution in [0.25, 0.3) is 0 Å². The molecule has 0 saturated carbocycles. The molecule has 1 unspecified atom stereocenters. The van der Waals surface area contributed by atoms with Crippen LogP contribution in [0.4, 0.5) is 4.79 Å². The molecule has 25 heavy (non-hydrogen) atoms. The first-order valence-electron chi connectivity index (χ1n) is 7.58. The van der Waals surface area contributed by atoms with Gasteiger partial charge >= 0.3 is 12.1 Å². The van der Waals surface area contributed by atoms with Crippen LogP contribution in [0.5, 0.6) is 0 Å². The largest absolute Gasteiger partial charge is 0.477 e. The van der Waals surface area contributed by atoms with Crippen molar-refractivity contribution in [1.82, 2.24) is 5.32 Å². The molecule has 1 amide bonds. The predicted molar refractivity (Wildman–Crippen MR) is 88.4 cm³/mol. The number of rotatable bonds is 8. The van der Waals surface area contributed by atoms with E-state index >= 15 is 0 Å². The van der Waals surface area contributed by atoms with Gasteiger partial charge < -0.3 is 25.0 Å². The number of carboxylic acids is 1. The van der Waals surface area contributed by atoms with E-state index in [2.05, 4.69) is 5.32 Å². The summed E-state index contributed by atoms with van der Waals surface area (Å²) in [6, 6.07) is 17.8. The zero-order chi connectivity index (χ0) is 18.1. The van der Waals surface area contributed by atoms with Gasteiger partial charge in [-0.3, -0.25) is 0 Å². The maximum absolute atomic E-state index is 11.7. The van der Waals surface area contributed by atoms with Gasteiger partial charge in [-0.05, 0) is 11.1 Å². The molecule has 0 spiro atoms. The van der Waals surface area contributed by atoms with Gasteiger partial charge in [0.15, 0.2) is 0 Å². The zero-order valence-corrected chi connectivity index (χ0v) is 13.4. The van der Waals surface area contributed by atoms with Crippen molar-refractivity contribution < 1.29 is 29.3 Å². The fraction of sp³-hybridized carbons (Fsp3) is 0.222. The molecule has 0 saturated heterocycles. The highest BCUT2D eigenvalue weighted by atomic mass is 16.6. The molecular formula is C18H19NO6. The Morgan fingerprint density at radius 1 is 0.920 bits per heavy atom. The van der Waals surface area contributed by atoms with E-state index in [1.807, 2.05) is 6.07 Å². The number of alkyl carbamates (subject to hydrolysis) is 1. The Balaban J connectivity index is 1.83. The molecule has 1 atom stereocenters. The zero-order valence-electron chi connectivity index (χ0n) is 13.4. The van der Waals surface area contributed by atoms with Gasteiger partial charge in [0.05, 0.1) is 13.2 Å². The van der Waals surface area contributed by atoms with Gasteiger partial charge in [0, 0.05) is 0 Å². The van der Waals surface area contributed by atoms with Crippen molar-refractivity contribution in [3.05, 3.63) is 71.8 Å². The molecule has 2 aromatic rings. The van der Waals surface area contributed by atoms with Crippen molar-refractivity contribution >= 4 is 12.1 Å². The Morgan fingerprint density at radius 2 is 1.44 bits per heavy atom. The van der Waals surface area contributed by atoms with Gasteiger partial charge in [-0.15, -0.1) is 0 Å². The Bertz CT molecular complexity index is 691. The summed E-state index contributed by atoms with van der Waals surface area (Å²) in [4.78, 5) is 22.9. The standard InChI is InChI=1S/C18H19NO6/c20-16(21)18(23,25-12-15-9-5-2-6-10-15)13-19-17(22)24-11-14-7-3-1-4-8-14/h1-10,23H,11-13H2,(H,19,22)(H,20,21). The van der Waals surface area contributed by atoms with E-state index < -0.39 is 24.4 Å². The van der Waals surface area contributed by atoms with Crippen molar-refractivity contribution in [2.45, 2.75) is 19.0 Å². The van der Waals surface area contributed by atoms with Crippen LogP contribution in [-0.4, -0.2) is 34.6 Å². The van der Waals surface area contributed by atoms with Crippen LogP contribution in [0.3, 0.4) is 0 Å². The van der Waals surface area contributed by atoms with E-state index in [1.165, 1.54) is 0 Å². The van der Waals surface area contributed by atoms with Gasteiger partial charge in [-0.1, -0.05) is 60.7 Å². The molecule has 2 rings (SSSR count). The average molecular weight is 345 g/mol. The number of carbonyl (C=O) groups excluding carboxylic acids is 1. The van der Waals surface area contributed by atoms with Crippen LogP contribution in [0.2, 0.25) is 0 Å². The van der Waals surface area contributed by atoms with Gasteiger partial charge in [-0.2, -0.15) is 0 Å².